The molecule has 2 aliphatic heterocycles. The zero-order valence-corrected chi connectivity index (χ0v) is 12.4. The quantitative estimate of drug-likeness (QED) is 0.815. The molecule has 0 spiro atoms. The monoisotopic (exact) mass is 288 g/mol. The van der Waals surface area contributed by atoms with Crippen molar-refractivity contribution in [2.75, 3.05) is 32.5 Å². The van der Waals surface area contributed by atoms with Crippen molar-refractivity contribution in [2.24, 2.45) is 11.8 Å². The van der Waals surface area contributed by atoms with Crippen molar-refractivity contribution in [3.8, 4) is 0 Å². The third kappa shape index (κ3) is 3.12. The molecule has 0 bridgehead atoms. The molecule has 3 atom stereocenters. The molecule has 1 saturated carbocycles. The average molecular weight is 288 g/mol. The molecule has 0 aromatic carbocycles. The van der Waals surface area contributed by atoms with Gasteiger partial charge < -0.3 is 4.74 Å². The summed E-state index contributed by atoms with van der Waals surface area (Å²) < 4.78 is 30.9. The summed E-state index contributed by atoms with van der Waals surface area (Å²) in [7, 11) is -3.09. The van der Waals surface area contributed by atoms with Crippen molar-refractivity contribution >= 4 is 10.0 Å². The Balaban J connectivity index is 1.56. The summed E-state index contributed by atoms with van der Waals surface area (Å²) in [4.78, 5) is 2.58. The second-order valence-corrected chi connectivity index (χ2v) is 8.14. The van der Waals surface area contributed by atoms with Gasteiger partial charge in [-0.1, -0.05) is 12.8 Å². The van der Waals surface area contributed by atoms with Crippen molar-refractivity contribution in [3.05, 3.63) is 0 Å². The number of nitrogens with one attached hydrogen (secondary N) is 1. The minimum Gasteiger partial charge on any atom is -0.376 e. The highest BCUT2D eigenvalue weighted by Crippen LogP contribution is 2.37. The van der Waals surface area contributed by atoms with Crippen molar-refractivity contribution in [1.82, 2.24) is 9.62 Å². The number of rotatable bonds is 4. The van der Waals surface area contributed by atoms with E-state index in [-0.39, 0.29) is 0 Å². The van der Waals surface area contributed by atoms with Gasteiger partial charge in [0.2, 0.25) is 10.0 Å². The Hall–Kier alpha value is -0.170. The molecule has 0 radical (unpaired) electrons. The molecule has 1 N–H and O–H groups in total. The second-order valence-electron chi connectivity index (χ2n) is 6.31. The van der Waals surface area contributed by atoms with Crippen LogP contribution < -0.4 is 4.72 Å². The fraction of sp³-hybridized carbons (Fsp3) is 1.00. The van der Waals surface area contributed by atoms with E-state index in [4.69, 9.17) is 4.74 Å². The molecule has 5 nitrogen and oxygen atoms in total. The van der Waals surface area contributed by atoms with Gasteiger partial charge in [-0.15, -0.1) is 0 Å². The molecule has 0 aromatic rings. The van der Waals surface area contributed by atoms with Crippen LogP contribution in [0.15, 0.2) is 0 Å². The largest absolute Gasteiger partial charge is 0.376 e. The Labute approximate surface area is 115 Å². The van der Waals surface area contributed by atoms with Crippen LogP contribution in [0, 0.1) is 11.8 Å². The lowest BCUT2D eigenvalue weighted by molar-refractivity contribution is 0.0875. The SMILES string of the molecule is CS(=O)(=O)NC[C@@H]1CO[C@H]2CN(C3CCCC3)C[C@@H]12. The fourth-order valence-corrected chi connectivity index (χ4v) is 4.38. The lowest BCUT2D eigenvalue weighted by Crippen LogP contribution is -2.35. The minimum atomic E-state index is -3.09. The number of hydrogen-bond acceptors (Lipinski definition) is 4. The van der Waals surface area contributed by atoms with Gasteiger partial charge in [0.15, 0.2) is 0 Å². The number of nitrogens with zero attached hydrogens (tertiary/aromatic N) is 1. The highest BCUT2D eigenvalue weighted by Gasteiger charge is 2.45. The van der Waals surface area contributed by atoms with Gasteiger partial charge in [-0.25, -0.2) is 13.1 Å². The zero-order chi connectivity index (χ0) is 13.5. The van der Waals surface area contributed by atoms with E-state index in [1.807, 2.05) is 0 Å². The first-order valence-corrected chi connectivity index (χ1v) is 9.22. The Morgan fingerprint density at radius 2 is 2.00 bits per heavy atom. The van der Waals surface area contributed by atoms with Gasteiger partial charge in [-0.05, 0) is 12.8 Å². The fourth-order valence-electron chi connectivity index (χ4n) is 3.87. The number of sulfonamides is 1. The van der Waals surface area contributed by atoms with E-state index >= 15 is 0 Å². The maximum Gasteiger partial charge on any atom is 0.208 e. The van der Waals surface area contributed by atoms with Crippen LogP contribution in [-0.4, -0.2) is 58.0 Å². The first-order valence-electron chi connectivity index (χ1n) is 7.33. The molecule has 19 heavy (non-hydrogen) atoms. The van der Waals surface area contributed by atoms with E-state index in [2.05, 4.69) is 9.62 Å². The summed E-state index contributed by atoms with van der Waals surface area (Å²) in [5.41, 5.74) is 0. The number of hydrogen-bond donors (Lipinski definition) is 1. The van der Waals surface area contributed by atoms with E-state index in [0.29, 0.717) is 31.1 Å². The highest BCUT2D eigenvalue weighted by atomic mass is 32.2. The summed E-state index contributed by atoms with van der Waals surface area (Å²) in [6, 6.07) is 0.748. The van der Waals surface area contributed by atoms with Crippen molar-refractivity contribution in [3.63, 3.8) is 0 Å². The Morgan fingerprint density at radius 1 is 1.26 bits per heavy atom. The molecule has 1 aliphatic carbocycles. The molecule has 3 rings (SSSR count). The van der Waals surface area contributed by atoms with Gasteiger partial charge in [0, 0.05) is 37.5 Å². The van der Waals surface area contributed by atoms with Crippen LogP contribution in [0.1, 0.15) is 25.7 Å². The summed E-state index contributed by atoms with van der Waals surface area (Å²) in [5, 5.41) is 0. The maximum atomic E-state index is 11.2. The van der Waals surface area contributed by atoms with Crippen molar-refractivity contribution in [1.29, 1.82) is 0 Å². The first kappa shape index (κ1) is 13.8. The topological polar surface area (TPSA) is 58.6 Å². The highest BCUT2D eigenvalue weighted by molar-refractivity contribution is 7.88. The third-order valence-electron chi connectivity index (χ3n) is 4.92. The van der Waals surface area contributed by atoms with Crippen LogP contribution in [-0.2, 0) is 14.8 Å². The van der Waals surface area contributed by atoms with Gasteiger partial charge in [-0.2, -0.15) is 0 Å². The molecule has 0 aromatic heterocycles. The van der Waals surface area contributed by atoms with Gasteiger partial charge in [-0.3, -0.25) is 4.90 Å². The van der Waals surface area contributed by atoms with Crippen LogP contribution in [0.2, 0.25) is 0 Å². The smallest absolute Gasteiger partial charge is 0.208 e. The first-order chi connectivity index (χ1) is 9.03. The maximum absolute atomic E-state index is 11.2. The van der Waals surface area contributed by atoms with Crippen LogP contribution in [0.4, 0.5) is 0 Å². The second kappa shape index (κ2) is 5.31. The minimum absolute atomic E-state index is 0.326. The number of fused-ring (bicyclic) bond motifs is 1. The molecule has 2 saturated heterocycles. The molecule has 0 amide bonds. The molecule has 110 valence electrons. The summed E-state index contributed by atoms with van der Waals surface area (Å²) in [6.07, 6.45) is 6.91. The number of ether oxygens (including phenoxy) is 1. The molecule has 2 heterocycles. The van der Waals surface area contributed by atoms with Crippen LogP contribution in [0.25, 0.3) is 0 Å². The molecule has 6 heteroatoms. The van der Waals surface area contributed by atoms with E-state index in [0.717, 1.165) is 19.1 Å². The van der Waals surface area contributed by atoms with E-state index in [1.165, 1.54) is 31.9 Å². The Morgan fingerprint density at radius 3 is 2.68 bits per heavy atom. The predicted octanol–water partition coefficient (Wildman–Crippen LogP) is 0.425. The van der Waals surface area contributed by atoms with E-state index in [9.17, 15) is 8.42 Å². The van der Waals surface area contributed by atoms with Gasteiger partial charge in [0.25, 0.3) is 0 Å². The van der Waals surface area contributed by atoms with Crippen LogP contribution >= 0.6 is 0 Å². The lowest BCUT2D eigenvalue weighted by Gasteiger charge is -2.25. The predicted molar refractivity (Wildman–Crippen MR) is 73.4 cm³/mol. The zero-order valence-electron chi connectivity index (χ0n) is 11.5. The number of likely N-dealkylation sites (tertiary alicyclic amines) is 1. The van der Waals surface area contributed by atoms with Gasteiger partial charge in [0.1, 0.15) is 0 Å². The summed E-state index contributed by atoms with van der Waals surface area (Å²) in [5.74, 6) is 0.848. The van der Waals surface area contributed by atoms with Crippen LogP contribution in [0.5, 0.6) is 0 Å². The van der Waals surface area contributed by atoms with E-state index < -0.39 is 10.0 Å². The third-order valence-corrected chi connectivity index (χ3v) is 5.61. The Kier molecular flexibility index (Phi) is 3.86. The van der Waals surface area contributed by atoms with Gasteiger partial charge in [0.05, 0.1) is 19.0 Å². The standard InChI is InChI=1S/C13H24N2O3S/c1-19(16,17)14-6-10-9-18-13-8-15(7-12(10)13)11-4-2-3-5-11/h10-14H,2-9H2,1H3/t10-,12+,13+/m1/s1. The lowest BCUT2D eigenvalue weighted by atomic mass is 9.93. The van der Waals surface area contributed by atoms with Crippen molar-refractivity contribution in [2.45, 2.75) is 37.8 Å². The average Bonchev–Trinajstić information content (AvgIpc) is 3.01. The normalized spacial score (nSPS) is 37.0. The molecule has 3 fully saturated rings. The molecule has 3 aliphatic rings. The van der Waals surface area contributed by atoms with E-state index in [1.54, 1.807) is 0 Å². The van der Waals surface area contributed by atoms with Gasteiger partial charge >= 0.3 is 0 Å². The Bertz CT molecular complexity index is 420. The molecule has 0 unspecified atom stereocenters. The molecular formula is C13H24N2O3S. The summed E-state index contributed by atoms with van der Waals surface area (Å²) >= 11 is 0. The van der Waals surface area contributed by atoms with Crippen LogP contribution in [0.3, 0.4) is 0 Å². The van der Waals surface area contributed by atoms with Crippen molar-refractivity contribution < 1.29 is 13.2 Å². The molecular weight excluding hydrogens is 264 g/mol. The summed E-state index contributed by atoms with van der Waals surface area (Å²) in [6.45, 7) is 3.37.